The summed E-state index contributed by atoms with van der Waals surface area (Å²) in [6, 6.07) is 16.8. The summed E-state index contributed by atoms with van der Waals surface area (Å²) in [7, 11) is 0. The number of carbonyl (C=O) groups excluding carboxylic acids is 2. The summed E-state index contributed by atoms with van der Waals surface area (Å²) in [6.07, 6.45) is 0.898. The molecule has 0 aliphatic carbocycles. The van der Waals surface area contributed by atoms with E-state index in [0.717, 1.165) is 23.5 Å². The topological polar surface area (TPSA) is 92.5 Å². The first-order valence-corrected chi connectivity index (χ1v) is 10.5. The Labute approximate surface area is 184 Å². The molecule has 1 aliphatic heterocycles. The first-order valence-electron chi connectivity index (χ1n) is 10.5. The Morgan fingerprint density at radius 3 is 2.62 bits per heavy atom. The number of hydrogen-bond acceptors (Lipinski definition) is 5. The molecular weight excluding hydrogens is 404 g/mol. The molecule has 2 aromatic carbocycles. The van der Waals surface area contributed by atoms with E-state index in [9.17, 15) is 9.59 Å². The third-order valence-electron chi connectivity index (χ3n) is 5.53. The van der Waals surface area contributed by atoms with Crippen LogP contribution in [0, 0.1) is 13.8 Å². The molecule has 1 aliphatic rings. The summed E-state index contributed by atoms with van der Waals surface area (Å²) in [4.78, 5) is 35.9. The van der Waals surface area contributed by atoms with Crippen molar-refractivity contribution in [3.05, 3.63) is 82.9 Å². The number of nitrogens with one attached hydrogen (secondary N) is 1. The highest BCUT2D eigenvalue weighted by atomic mass is 16.2. The lowest BCUT2D eigenvalue weighted by molar-refractivity contribution is -0.115. The molecule has 0 saturated carbocycles. The Balaban J connectivity index is 1.25. The molecule has 0 spiro atoms. The van der Waals surface area contributed by atoms with Crippen LogP contribution in [0.1, 0.15) is 33.1 Å². The molecule has 2 aromatic heterocycles. The number of aryl methyl sites for hydroxylation is 2. The highest BCUT2D eigenvalue weighted by Crippen LogP contribution is 2.29. The molecule has 0 radical (unpaired) electrons. The van der Waals surface area contributed by atoms with Gasteiger partial charge in [0.25, 0.3) is 11.7 Å². The van der Waals surface area contributed by atoms with Gasteiger partial charge in [-0.1, -0.05) is 18.2 Å². The van der Waals surface area contributed by atoms with E-state index in [0.29, 0.717) is 29.4 Å². The Morgan fingerprint density at radius 2 is 1.81 bits per heavy atom. The Morgan fingerprint density at radius 1 is 1.03 bits per heavy atom. The van der Waals surface area contributed by atoms with Crippen molar-refractivity contribution in [1.82, 2.24) is 19.6 Å². The molecule has 0 saturated heterocycles. The van der Waals surface area contributed by atoms with Crippen LogP contribution in [0.25, 0.3) is 5.78 Å². The molecular formula is C24H22N6O2. The zero-order chi connectivity index (χ0) is 22.2. The van der Waals surface area contributed by atoms with Gasteiger partial charge in [0.15, 0.2) is 5.82 Å². The molecule has 32 heavy (non-hydrogen) atoms. The summed E-state index contributed by atoms with van der Waals surface area (Å²) in [5.41, 5.74) is 5.11. The predicted octanol–water partition coefficient (Wildman–Crippen LogP) is 3.13. The van der Waals surface area contributed by atoms with E-state index in [1.807, 2.05) is 38.1 Å². The number of nitrogens with zero attached hydrogens (tertiary/aromatic N) is 5. The van der Waals surface area contributed by atoms with Crippen LogP contribution in [0.5, 0.6) is 0 Å². The third-order valence-corrected chi connectivity index (χ3v) is 5.53. The van der Waals surface area contributed by atoms with Crippen LogP contribution in [-0.2, 0) is 17.6 Å². The van der Waals surface area contributed by atoms with Gasteiger partial charge in [-0.2, -0.15) is 4.98 Å². The van der Waals surface area contributed by atoms with Crippen LogP contribution in [0.4, 0.5) is 11.4 Å². The Hall–Kier alpha value is -4.07. The van der Waals surface area contributed by atoms with E-state index in [-0.39, 0.29) is 18.2 Å². The molecule has 0 unspecified atom stereocenters. The largest absolute Gasteiger partial charge is 0.326 e. The smallest absolute Gasteiger partial charge is 0.258 e. The monoisotopic (exact) mass is 426 g/mol. The number of benzene rings is 2. The molecule has 160 valence electrons. The lowest BCUT2D eigenvalue weighted by Gasteiger charge is -2.17. The first-order chi connectivity index (χ1) is 15.5. The standard InChI is InChI=1S/C24H22N6O2/c1-15-13-16(2)30-24(25-15)27-21(28-30)14-22(31)26-19-9-7-18(8-10-19)23(32)29-12-11-17-5-3-4-6-20(17)29/h3-10,13H,11-12,14H2,1-2H3,(H,26,31). The molecule has 2 amide bonds. The van der Waals surface area contributed by atoms with Crippen LogP contribution in [0.2, 0.25) is 0 Å². The van der Waals surface area contributed by atoms with Gasteiger partial charge < -0.3 is 10.2 Å². The second-order valence-corrected chi connectivity index (χ2v) is 7.92. The minimum atomic E-state index is -0.233. The molecule has 0 atom stereocenters. The Bertz CT molecular complexity index is 1340. The van der Waals surface area contributed by atoms with E-state index in [1.54, 1.807) is 33.7 Å². The van der Waals surface area contributed by atoms with Gasteiger partial charge in [0.2, 0.25) is 5.91 Å². The summed E-state index contributed by atoms with van der Waals surface area (Å²) >= 11 is 0. The van der Waals surface area contributed by atoms with E-state index < -0.39 is 0 Å². The number of para-hydroxylation sites is 1. The van der Waals surface area contributed by atoms with E-state index in [1.165, 1.54) is 5.56 Å². The Kier molecular flexibility index (Phi) is 4.89. The van der Waals surface area contributed by atoms with Gasteiger partial charge in [0, 0.05) is 34.9 Å². The first kappa shape index (κ1) is 19.9. The fraction of sp³-hybridized carbons (Fsp3) is 0.208. The maximum atomic E-state index is 12.9. The summed E-state index contributed by atoms with van der Waals surface area (Å²) < 4.78 is 1.63. The van der Waals surface area contributed by atoms with Crippen LogP contribution in [0.15, 0.2) is 54.6 Å². The molecule has 8 nitrogen and oxygen atoms in total. The third kappa shape index (κ3) is 3.71. The minimum absolute atomic E-state index is 0.0348. The summed E-state index contributed by atoms with van der Waals surface area (Å²) in [5.74, 6) is 0.613. The fourth-order valence-electron chi connectivity index (χ4n) is 4.03. The average Bonchev–Trinajstić information content (AvgIpc) is 3.37. The van der Waals surface area contributed by atoms with Crippen LogP contribution >= 0.6 is 0 Å². The maximum absolute atomic E-state index is 12.9. The van der Waals surface area contributed by atoms with Crippen molar-refractivity contribution in [2.75, 3.05) is 16.8 Å². The summed E-state index contributed by atoms with van der Waals surface area (Å²) in [6.45, 7) is 4.49. The number of fused-ring (bicyclic) bond motifs is 2. The van der Waals surface area contributed by atoms with Crippen LogP contribution in [-0.4, -0.2) is 37.9 Å². The zero-order valence-electron chi connectivity index (χ0n) is 17.9. The number of anilines is 2. The number of aromatic nitrogens is 4. The fourth-order valence-corrected chi connectivity index (χ4v) is 4.03. The number of hydrogen-bond donors (Lipinski definition) is 1. The van der Waals surface area contributed by atoms with Crippen molar-refractivity contribution in [2.45, 2.75) is 26.7 Å². The zero-order valence-corrected chi connectivity index (χ0v) is 17.9. The van der Waals surface area contributed by atoms with Crippen molar-refractivity contribution in [1.29, 1.82) is 0 Å². The van der Waals surface area contributed by atoms with Gasteiger partial charge in [0.1, 0.15) is 0 Å². The van der Waals surface area contributed by atoms with Crippen LogP contribution in [0.3, 0.4) is 0 Å². The quantitative estimate of drug-likeness (QED) is 0.541. The van der Waals surface area contributed by atoms with Crippen molar-refractivity contribution >= 4 is 29.0 Å². The van der Waals surface area contributed by atoms with Crippen molar-refractivity contribution in [3.63, 3.8) is 0 Å². The minimum Gasteiger partial charge on any atom is -0.326 e. The van der Waals surface area contributed by atoms with Gasteiger partial charge in [-0.3, -0.25) is 9.59 Å². The second kappa shape index (κ2) is 7.88. The van der Waals surface area contributed by atoms with Gasteiger partial charge >= 0.3 is 0 Å². The van der Waals surface area contributed by atoms with Gasteiger partial charge in [-0.15, -0.1) is 5.10 Å². The maximum Gasteiger partial charge on any atom is 0.258 e. The SMILES string of the molecule is Cc1cc(C)n2nc(CC(=O)Nc3ccc(C(=O)N4CCc5ccccc54)cc3)nc2n1. The molecule has 1 N–H and O–H groups in total. The number of rotatable bonds is 4. The lowest BCUT2D eigenvalue weighted by atomic mass is 10.1. The van der Waals surface area contributed by atoms with E-state index in [4.69, 9.17) is 0 Å². The van der Waals surface area contributed by atoms with Crippen molar-refractivity contribution < 1.29 is 9.59 Å². The van der Waals surface area contributed by atoms with Gasteiger partial charge in [-0.05, 0) is 62.2 Å². The molecule has 0 fully saturated rings. The van der Waals surface area contributed by atoms with Crippen molar-refractivity contribution in [3.8, 4) is 0 Å². The molecule has 8 heteroatoms. The predicted molar refractivity (Wildman–Crippen MR) is 121 cm³/mol. The summed E-state index contributed by atoms with van der Waals surface area (Å²) in [5, 5.41) is 7.21. The highest BCUT2D eigenvalue weighted by Gasteiger charge is 2.25. The van der Waals surface area contributed by atoms with E-state index >= 15 is 0 Å². The van der Waals surface area contributed by atoms with Gasteiger partial charge in [-0.25, -0.2) is 9.50 Å². The number of amides is 2. The molecule has 4 aromatic rings. The van der Waals surface area contributed by atoms with E-state index in [2.05, 4.69) is 26.4 Å². The number of carbonyl (C=O) groups is 2. The normalized spacial score (nSPS) is 12.8. The molecule has 0 bridgehead atoms. The van der Waals surface area contributed by atoms with Gasteiger partial charge in [0.05, 0.1) is 6.42 Å². The van der Waals surface area contributed by atoms with Crippen molar-refractivity contribution in [2.24, 2.45) is 0 Å². The molecule has 3 heterocycles. The average molecular weight is 426 g/mol. The van der Waals surface area contributed by atoms with Crippen LogP contribution < -0.4 is 10.2 Å². The highest BCUT2D eigenvalue weighted by molar-refractivity contribution is 6.07. The molecule has 5 rings (SSSR count). The second-order valence-electron chi connectivity index (χ2n) is 7.92. The lowest BCUT2D eigenvalue weighted by Crippen LogP contribution is -2.28.